The van der Waals surface area contributed by atoms with Crippen LogP contribution in [0.5, 0.6) is 0 Å². The van der Waals surface area contributed by atoms with E-state index in [4.69, 9.17) is 18.9 Å². The molecule has 2 aliphatic rings. The number of ether oxygens (including phenoxy) is 4. The van der Waals surface area contributed by atoms with Gasteiger partial charge in [-0.3, -0.25) is 0 Å². The van der Waals surface area contributed by atoms with E-state index in [2.05, 4.69) is 6.92 Å². The summed E-state index contributed by atoms with van der Waals surface area (Å²) in [7, 11) is 3.01. The minimum absolute atomic E-state index is 0.0635. The van der Waals surface area contributed by atoms with Crippen molar-refractivity contribution in [2.45, 2.75) is 77.7 Å². The first-order valence-electron chi connectivity index (χ1n) is 8.56. The average molecular weight is 350 g/mol. The van der Waals surface area contributed by atoms with Gasteiger partial charge in [-0.05, 0) is 25.7 Å². The molecule has 0 aliphatic carbocycles. The molecule has 0 bridgehead atoms. The second kappa shape index (κ2) is 9.43. The zero-order valence-electron chi connectivity index (χ0n) is 15.7. The molecule has 7 nitrogen and oxygen atoms in total. The van der Waals surface area contributed by atoms with E-state index in [-0.39, 0.29) is 24.0 Å². The molecule has 3 N–H and O–H groups in total. The standard InChI is InChI=1S/C9H18O3.C8H16O4/c1-5-6(2)8(10)9(11-4)12-7(5)3;1-4-5(2)12-8(11-3)7(10)6(4)9/h5-10H,1-4H3;4-10H,1-3H3/t5-,6-,7?,8?,9-;4-,5?,6+,7?,8+/m10/s1. The SMILES string of the molecule is CO[C@@H]1OC(C)[C@H](C)[C@@H](C)C1O.CO[C@@H]1OC(C)[C@H](C)[C@@H](O)C1O. The Morgan fingerprint density at radius 1 is 0.583 bits per heavy atom. The second-order valence-corrected chi connectivity index (χ2v) is 6.94. The summed E-state index contributed by atoms with van der Waals surface area (Å²) in [5, 5.41) is 28.6. The maximum absolute atomic E-state index is 9.68. The Morgan fingerprint density at radius 2 is 1.00 bits per heavy atom. The molecule has 144 valence electrons. The van der Waals surface area contributed by atoms with Gasteiger partial charge in [-0.1, -0.05) is 20.8 Å². The van der Waals surface area contributed by atoms with E-state index in [9.17, 15) is 15.3 Å². The zero-order chi connectivity index (χ0) is 18.6. The number of rotatable bonds is 2. The van der Waals surface area contributed by atoms with Gasteiger partial charge < -0.3 is 34.3 Å². The first-order chi connectivity index (χ1) is 11.1. The molecule has 2 heterocycles. The fraction of sp³-hybridized carbons (Fsp3) is 1.00. The van der Waals surface area contributed by atoms with E-state index >= 15 is 0 Å². The van der Waals surface area contributed by atoms with Crippen molar-refractivity contribution in [3.8, 4) is 0 Å². The smallest absolute Gasteiger partial charge is 0.185 e. The summed E-state index contributed by atoms with van der Waals surface area (Å²) >= 11 is 0. The second-order valence-electron chi connectivity index (χ2n) is 6.94. The first kappa shape index (κ1) is 21.8. The van der Waals surface area contributed by atoms with Gasteiger partial charge in [0.2, 0.25) is 0 Å². The van der Waals surface area contributed by atoms with Crippen LogP contribution in [0, 0.1) is 17.8 Å². The largest absolute Gasteiger partial charge is 0.390 e. The third-order valence-electron chi connectivity index (χ3n) is 5.46. The Hall–Kier alpha value is -0.280. The number of methoxy groups -OCH3 is 2. The van der Waals surface area contributed by atoms with Crippen LogP contribution in [0.3, 0.4) is 0 Å². The van der Waals surface area contributed by atoms with E-state index in [1.165, 1.54) is 7.11 Å². The van der Waals surface area contributed by atoms with Crippen LogP contribution in [0.1, 0.15) is 34.6 Å². The van der Waals surface area contributed by atoms with Crippen LogP contribution in [-0.4, -0.2) is 72.6 Å². The topological polar surface area (TPSA) is 97.6 Å². The van der Waals surface area contributed by atoms with Gasteiger partial charge in [0.25, 0.3) is 0 Å². The van der Waals surface area contributed by atoms with Gasteiger partial charge in [-0.2, -0.15) is 0 Å². The molecule has 4 unspecified atom stereocenters. The fourth-order valence-corrected chi connectivity index (χ4v) is 2.96. The molecule has 0 saturated carbocycles. The first-order valence-corrected chi connectivity index (χ1v) is 8.56. The summed E-state index contributed by atoms with van der Waals surface area (Å²) in [6.07, 6.45) is -3.29. The van der Waals surface area contributed by atoms with Gasteiger partial charge in [0, 0.05) is 20.1 Å². The van der Waals surface area contributed by atoms with Crippen molar-refractivity contribution in [2.24, 2.45) is 17.8 Å². The molecule has 0 spiro atoms. The molecule has 0 amide bonds. The molecule has 2 aliphatic heterocycles. The summed E-state index contributed by atoms with van der Waals surface area (Å²) in [6.45, 7) is 9.82. The van der Waals surface area contributed by atoms with E-state index in [1.54, 1.807) is 7.11 Å². The summed E-state index contributed by atoms with van der Waals surface area (Å²) in [5.41, 5.74) is 0. The van der Waals surface area contributed by atoms with Crippen molar-refractivity contribution in [1.82, 2.24) is 0 Å². The van der Waals surface area contributed by atoms with E-state index < -0.39 is 30.9 Å². The van der Waals surface area contributed by atoms with Gasteiger partial charge in [0.1, 0.15) is 12.2 Å². The summed E-state index contributed by atoms with van der Waals surface area (Å²) in [4.78, 5) is 0. The molecule has 7 heteroatoms. The number of aliphatic hydroxyl groups excluding tert-OH is 3. The highest BCUT2D eigenvalue weighted by molar-refractivity contribution is 4.84. The van der Waals surface area contributed by atoms with Crippen LogP contribution in [0.2, 0.25) is 0 Å². The van der Waals surface area contributed by atoms with Gasteiger partial charge in [-0.25, -0.2) is 0 Å². The van der Waals surface area contributed by atoms with Crippen molar-refractivity contribution in [3.05, 3.63) is 0 Å². The fourth-order valence-electron chi connectivity index (χ4n) is 2.96. The van der Waals surface area contributed by atoms with Gasteiger partial charge >= 0.3 is 0 Å². The van der Waals surface area contributed by atoms with Crippen LogP contribution in [0.25, 0.3) is 0 Å². The summed E-state index contributed by atoms with van der Waals surface area (Å²) < 4.78 is 20.6. The molecule has 0 aromatic carbocycles. The maximum Gasteiger partial charge on any atom is 0.185 e. The van der Waals surface area contributed by atoms with Crippen LogP contribution in [0.15, 0.2) is 0 Å². The third kappa shape index (κ3) is 4.88. The van der Waals surface area contributed by atoms with Crippen LogP contribution < -0.4 is 0 Å². The minimum atomic E-state index is -0.943. The molecule has 24 heavy (non-hydrogen) atoms. The Kier molecular flexibility index (Phi) is 8.55. The minimum Gasteiger partial charge on any atom is -0.390 e. The van der Waals surface area contributed by atoms with Gasteiger partial charge in [0.05, 0.1) is 18.3 Å². The highest BCUT2D eigenvalue weighted by atomic mass is 16.7. The lowest BCUT2D eigenvalue weighted by atomic mass is 9.84. The molecule has 2 rings (SSSR count). The molecule has 2 fully saturated rings. The molecule has 10 atom stereocenters. The lowest BCUT2D eigenvalue weighted by Crippen LogP contribution is -2.53. The number of hydrogen-bond donors (Lipinski definition) is 3. The van der Waals surface area contributed by atoms with Crippen molar-refractivity contribution in [2.75, 3.05) is 14.2 Å². The van der Waals surface area contributed by atoms with Crippen molar-refractivity contribution in [3.63, 3.8) is 0 Å². The van der Waals surface area contributed by atoms with Crippen molar-refractivity contribution >= 4 is 0 Å². The van der Waals surface area contributed by atoms with Crippen LogP contribution in [0.4, 0.5) is 0 Å². The Balaban J connectivity index is 0.000000240. The lowest BCUT2D eigenvalue weighted by Gasteiger charge is -2.40. The molecular formula is C17H34O7. The van der Waals surface area contributed by atoms with E-state index in [0.29, 0.717) is 5.92 Å². The Bertz CT molecular complexity index is 323. The summed E-state index contributed by atoms with van der Waals surface area (Å²) in [5.74, 6) is 0.552. The molecule has 0 aromatic heterocycles. The maximum atomic E-state index is 9.68. The number of aliphatic hydroxyl groups is 3. The molecule has 0 aromatic rings. The summed E-state index contributed by atoms with van der Waals surface area (Å²) in [6, 6.07) is 0. The highest BCUT2D eigenvalue weighted by Gasteiger charge is 2.40. The van der Waals surface area contributed by atoms with Crippen molar-refractivity contribution in [1.29, 1.82) is 0 Å². The molecular weight excluding hydrogens is 316 g/mol. The lowest BCUT2D eigenvalue weighted by molar-refractivity contribution is -0.271. The predicted molar refractivity (Wildman–Crippen MR) is 88.2 cm³/mol. The van der Waals surface area contributed by atoms with Crippen LogP contribution >= 0.6 is 0 Å². The van der Waals surface area contributed by atoms with Crippen LogP contribution in [-0.2, 0) is 18.9 Å². The monoisotopic (exact) mass is 350 g/mol. The quantitative estimate of drug-likeness (QED) is 0.676. The third-order valence-corrected chi connectivity index (χ3v) is 5.46. The number of hydrogen-bond acceptors (Lipinski definition) is 7. The molecule has 0 radical (unpaired) electrons. The van der Waals surface area contributed by atoms with Gasteiger partial charge in [-0.15, -0.1) is 0 Å². The Morgan fingerprint density at radius 3 is 1.46 bits per heavy atom. The van der Waals surface area contributed by atoms with Crippen molar-refractivity contribution < 1.29 is 34.3 Å². The Labute approximate surface area is 144 Å². The van der Waals surface area contributed by atoms with Gasteiger partial charge in [0.15, 0.2) is 12.6 Å². The van der Waals surface area contributed by atoms with E-state index in [0.717, 1.165) is 0 Å². The average Bonchev–Trinajstić information content (AvgIpc) is 2.58. The highest BCUT2D eigenvalue weighted by Crippen LogP contribution is 2.30. The normalized spacial score (nSPS) is 49.2. The molecule has 2 saturated heterocycles. The van der Waals surface area contributed by atoms with E-state index in [1.807, 2.05) is 27.7 Å². The zero-order valence-corrected chi connectivity index (χ0v) is 15.7. The predicted octanol–water partition coefficient (Wildman–Crippen LogP) is 0.746.